The molecule has 0 aliphatic carbocycles. The summed E-state index contributed by atoms with van der Waals surface area (Å²) in [5.74, 6) is 0.900. The number of nitrogen functional groups attached to an aromatic ring is 1. The first-order chi connectivity index (χ1) is 8.97. The Morgan fingerprint density at radius 2 is 2.26 bits per heavy atom. The predicted octanol–water partition coefficient (Wildman–Crippen LogP) is 2.10. The Kier molecular flexibility index (Phi) is 3.71. The highest BCUT2D eigenvalue weighted by Gasteiger charge is 2.18. The van der Waals surface area contributed by atoms with Crippen LogP contribution in [0.4, 0.5) is 5.82 Å². The summed E-state index contributed by atoms with van der Waals surface area (Å²) in [6.07, 6.45) is 1.59. The van der Waals surface area contributed by atoms with Gasteiger partial charge in [0.15, 0.2) is 0 Å². The zero-order valence-electron chi connectivity index (χ0n) is 10.5. The van der Waals surface area contributed by atoms with E-state index in [1.54, 1.807) is 20.0 Å². The van der Waals surface area contributed by atoms with Gasteiger partial charge >= 0.3 is 0 Å². The van der Waals surface area contributed by atoms with Gasteiger partial charge in [-0.1, -0.05) is 11.6 Å². The number of nitrogens with two attached hydrogens (primary N) is 1. The smallest absolute Gasteiger partial charge is 0.272 e. The number of carbonyl (C=O) groups is 1. The van der Waals surface area contributed by atoms with Crippen LogP contribution in [0.15, 0.2) is 22.7 Å². The van der Waals surface area contributed by atoms with Crippen LogP contribution in [0.1, 0.15) is 35.1 Å². The number of amides is 1. The van der Waals surface area contributed by atoms with E-state index in [2.05, 4.69) is 15.3 Å². The molecule has 6 nitrogen and oxygen atoms in total. The third-order valence-electron chi connectivity index (χ3n) is 2.44. The number of hydrogen-bond donors (Lipinski definition) is 2. The molecule has 0 fully saturated rings. The lowest BCUT2D eigenvalue weighted by molar-refractivity contribution is 0.0929. The van der Waals surface area contributed by atoms with E-state index in [9.17, 15) is 4.79 Å². The topological polar surface area (TPSA) is 94.0 Å². The van der Waals surface area contributed by atoms with Crippen LogP contribution in [0, 0.1) is 6.92 Å². The van der Waals surface area contributed by atoms with Crippen molar-refractivity contribution in [2.45, 2.75) is 19.9 Å². The van der Waals surface area contributed by atoms with Gasteiger partial charge in [-0.3, -0.25) is 4.79 Å². The highest BCUT2D eigenvalue weighted by atomic mass is 35.5. The van der Waals surface area contributed by atoms with Crippen molar-refractivity contribution in [3.8, 4) is 0 Å². The van der Waals surface area contributed by atoms with E-state index in [0.717, 1.165) is 0 Å². The third-order valence-corrected chi connectivity index (χ3v) is 2.74. The van der Waals surface area contributed by atoms with Crippen LogP contribution >= 0.6 is 11.6 Å². The highest BCUT2D eigenvalue weighted by molar-refractivity contribution is 6.33. The summed E-state index contributed by atoms with van der Waals surface area (Å²) >= 11 is 5.91. The van der Waals surface area contributed by atoms with Gasteiger partial charge in [-0.15, -0.1) is 0 Å². The quantitative estimate of drug-likeness (QED) is 0.898. The lowest BCUT2D eigenvalue weighted by Gasteiger charge is -2.11. The summed E-state index contributed by atoms with van der Waals surface area (Å²) in [7, 11) is 0. The van der Waals surface area contributed by atoms with Crippen molar-refractivity contribution in [3.05, 3.63) is 40.7 Å². The fourth-order valence-electron chi connectivity index (χ4n) is 1.52. The number of oxazole rings is 1. The molecule has 0 radical (unpaired) electrons. The minimum Gasteiger partial charge on any atom is -0.444 e. The van der Waals surface area contributed by atoms with E-state index in [4.69, 9.17) is 21.8 Å². The Bertz CT molecular complexity index is 612. The van der Waals surface area contributed by atoms with E-state index in [1.165, 1.54) is 12.1 Å². The molecule has 0 saturated carbocycles. The van der Waals surface area contributed by atoms with Crippen molar-refractivity contribution in [3.63, 3.8) is 0 Å². The first kappa shape index (κ1) is 13.4. The molecule has 2 rings (SSSR count). The van der Waals surface area contributed by atoms with Crippen molar-refractivity contribution >= 4 is 23.3 Å². The van der Waals surface area contributed by atoms with Gasteiger partial charge in [0.2, 0.25) is 5.89 Å². The summed E-state index contributed by atoms with van der Waals surface area (Å²) in [4.78, 5) is 20.0. The number of hydrogen-bond acceptors (Lipinski definition) is 5. The maximum Gasteiger partial charge on any atom is 0.272 e. The highest BCUT2D eigenvalue weighted by Crippen LogP contribution is 2.17. The molecule has 0 aliphatic heterocycles. The molecule has 7 heteroatoms. The first-order valence-electron chi connectivity index (χ1n) is 5.62. The Labute approximate surface area is 115 Å². The van der Waals surface area contributed by atoms with Gasteiger partial charge in [-0.2, -0.15) is 0 Å². The second-order valence-corrected chi connectivity index (χ2v) is 4.48. The second kappa shape index (κ2) is 5.27. The molecule has 3 N–H and O–H groups in total. The number of rotatable bonds is 3. The zero-order valence-corrected chi connectivity index (χ0v) is 11.2. The van der Waals surface area contributed by atoms with E-state index in [-0.39, 0.29) is 22.6 Å². The van der Waals surface area contributed by atoms with Crippen LogP contribution in [0.3, 0.4) is 0 Å². The number of halogens is 1. The molecule has 2 aromatic heterocycles. The largest absolute Gasteiger partial charge is 0.444 e. The molecule has 1 unspecified atom stereocenters. The molecule has 2 aromatic rings. The van der Waals surface area contributed by atoms with Crippen molar-refractivity contribution in [1.82, 2.24) is 15.3 Å². The van der Waals surface area contributed by atoms with Gasteiger partial charge in [0.1, 0.15) is 23.3 Å². The van der Waals surface area contributed by atoms with Gasteiger partial charge in [-0.05, 0) is 26.0 Å². The van der Waals surface area contributed by atoms with Gasteiger partial charge in [0, 0.05) is 0 Å². The summed E-state index contributed by atoms with van der Waals surface area (Å²) in [5, 5.41) is 2.93. The summed E-state index contributed by atoms with van der Waals surface area (Å²) < 4.78 is 5.33. The Hall–Kier alpha value is -2.08. The van der Waals surface area contributed by atoms with Crippen molar-refractivity contribution < 1.29 is 9.21 Å². The number of anilines is 1. The first-order valence-corrected chi connectivity index (χ1v) is 6.00. The number of nitrogens with one attached hydrogen (secondary N) is 1. The molecule has 0 aromatic carbocycles. The minimum absolute atomic E-state index is 0.0804. The monoisotopic (exact) mass is 280 g/mol. The Morgan fingerprint density at radius 3 is 2.89 bits per heavy atom. The number of carbonyl (C=O) groups excluding carboxylic acids is 1. The SMILES string of the molecule is Cc1cnc(C(C)NC(=O)c2nc(N)ccc2Cl)o1. The van der Waals surface area contributed by atoms with E-state index in [0.29, 0.717) is 11.7 Å². The van der Waals surface area contributed by atoms with Crippen LogP contribution in [-0.2, 0) is 0 Å². The van der Waals surface area contributed by atoms with Gasteiger partial charge < -0.3 is 15.5 Å². The lowest BCUT2D eigenvalue weighted by Crippen LogP contribution is -2.28. The average Bonchev–Trinajstić information content (AvgIpc) is 2.79. The molecule has 0 saturated heterocycles. The molecular formula is C12H13ClN4O2. The van der Waals surface area contributed by atoms with E-state index in [1.807, 2.05) is 0 Å². The molecular weight excluding hydrogens is 268 g/mol. The normalized spacial score (nSPS) is 12.2. The number of nitrogens with zero attached hydrogens (tertiary/aromatic N) is 2. The molecule has 1 atom stereocenters. The maximum atomic E-state index is 12.0. The molecule has 100 valence electrons. The molecule has 0 spiro atoms. The Balaban J connectivity index is 2.15. The maximum absolute atomic E-state index is 12.0. The second-order valence-electron chi connectivity index (χ2n) is 4.07. The number of aromatic nitrogens is 2. The van der Waals surface area contributed by atoms with Crippen molar-refractivity contribution in [1.29, 1.82) is 0 Å². The van der Waals surface area contributed by atoms with Crippen LogP contribution in [-0.4, -0.2) is 15.9 Å². The third kappa shape index (κ3) is 3.03. The fraction of sp³-hybridized carbons (Fsp3) is 0.250. The molecule has 0 aliphatic rings. The van der Waals surface area contributed by atoms with Crippen molar-refractivity contribution in [2.24, 2.45) is 0 Å². The van der Waals surface area contributed by atoms with Crippen LogP contribution < -0.4 is 11.1 Å². The summed E-state index contributed by atoms with van der Waals surface area (Å²) in [6.45, 7) is 3.53. The fourth-order valence-corrected chi connectivity index (χ4v) is 1.71. The lowest BCUT2D eigenvalue weighted by atomic mass is 10.3. The Morgan fingerprint density at radius 1 is 1.53 bits per heavy atom. The van der Waals surface area contributed by atoms with Crippen molar-refractivity contribution in [2.75, 3.05) is 5.73 Å². The predicted molar refractivity (Wildman–Crippen MR) is 70.8 cm³/mol. The van der Waals surface area contributed by atoms with Gasteiger partial charge in [0.05, 0.1) is 11.2 Å². The van der Waals surface area contributed by atoms with Crippen LogP contribution in [0.2, 0.25) is 5.02 Å². The molecule has 19 heavy (non-hydrogen) atoms. The standard InChI is InChI=1S/C12H13ClN4O2/c1-6-5-15-12(19-6)7(2)16-11(18)10-8(13)3-4-9(14)17-10/h3-5,7H,1-2H3,(H2,14,17)(H,16,18). The summed E-state index contributed by atoms with van der Waals surface area (Å²) in [5.41, 5.74) is 5.61. The zero-order chi connectivity index (χ0) is 14.0. The molecule has 1 amide bonds. The van der Waals surface area contributed by atoms with Gasteiger partial charge in [0.25, 0.3) is 5.91 Å². The average molecular weight is 281 g/mol. The number of pyridine rings is 1. The van der Waals surface area contributed by atoms with E-state index >= 15 is 0 Å². The van der Waals surface area contributed by atoms with E-state index < -0.39 is 5.91 Å². The number of aryl methyl sites for hydroxylation is 1. The minimum atomic E-state index is -0.430. The van der Waals surface area contributed by atoms with Crippen LogP contribution in [0.25, 0.3) is 0 Å². The summed E-state index contributed by atoms with van der Waals surface area (Å²) in [6, 6.07) is 2.67. The van der Waals surface area contributed by atoms with Crippen LogP contribution in [0.5, 0.6) is 0 Å². The molecule has 2 heterocycles. The van der Waals surface area contributed by atoms with Gasteiger partial charge in [-0.25, -0.2) is 9.97 Å². The molecule has 0 bridgehead atoms.